The Hall–Kier alpha value is -1.10. The molecule has 0 aromatic carbocycles. The molecular formula is C13H25NO4. The molecule has 0 aliphatic heterocycles. The molecule has 0 heterocycles. The van der Waals surface area contributed by atoms with E-state index in [0.29, 0.717) is 25.2 Å². The fourth-order valence-corrected chi connectivity index (χ4v) is 1.76. The standard InChI is InChI=1S/C13H25NO4/c1-6-17-12(15)9-13(16)18-8-7-14(10(2)3)11(4)5/h10-11H,6-9H2,1-5H3. The highest BCUT2D eigenvalue weighted by Crippen LogP contribution is 2.04. The minimum atomic E-state index is -0.535. The van der Waals surface area contributed by atoms with Gasteiger partial charge in [0, 0.05) is 18.6 Å². The largest absolute Gasteiger partial charge is 0.466 e. The van der Waals surface area contributed by atoms with E-state index in [2.05, 4.69) is 37.3 Å². The van der Waals surface area contributed by atoms with E-state index in [1.54, 1.807) is 6.92 Å². The molecule has 0 fully saturated rings. The molecule has 0 rings (SSSR count). The highest BCUT2D eigenvalue weighted by molar-refractivity contribution is 5.91. The molecule has 0 N–H and O–H groups in total. The van der Waals surface area contributed by atoms with Gasteiger partial charge in [-0.25, -0.2) is 0 Å². The first kappa shape index (κ1) is 16.9. The van der Waals surface area contributed by atoms with Crippen molar-refractivity contribution in [3.8, 4) is 0 Å². The first-order valence-corrected chi connectivity index (χ1v) is 6.45. The number of carbonyl (C=O) groups is 2. The van der Waals surface area contributed by atoms with Gasteiger partial charge < -0.3 is 9.47 Å². The Morgan fingerprint density at radius 2 is 1.50 bits per heavy atom. The van der Waals surface area contributed by atoms with Crippen LogP contribution in [0.15, 0.2) is 0 Å². The van der Waals surface area contributed by atoms with Crippen LogP contribution in [0.4, 0.5) is 0 Å². The molecule has 0 radical (unpaired) electrons. The minimum absolute atomic E-state index is 0.278. The fourth-order valence-electron chi connectivity index (χ4n) is 1.76. The van der Waals surface area contributed by atoms with Crippen LogP contribution in [0.3, 0.4) is 0 Å². The number of hydrogen-bond donors (Lipinski definition) is 0. The molecule has 0 spiro atoms. The van der Waals surface area contributed by atoms with Crippen LogP contribution in [-0.2, 0) is 19.1 Å². The number of ether oxygens (including phenoxy) is 2. The highest BCUT2D eigenvalue weighted by Gasteiger charge is 2.15. The maximum atomic E-state index is 11.3. The molecule has 5 heteroatoms. The topological polar surface area (TPSA) is 55.8 Å². The predicted octanol–water partition coefficient (Wildman–Crippen LogP) is 1.60. The summed E-state index contributed by atoms with van der Waals surface area (Å²) in [4.78, 5) is 24.6. The van der Waals surface area contributed by atoms with Gasteiger partial charge in [-0.2, -0.15) is 0 Å². The van der Waals surface area contributed by atoms with Crippen LogP contribution < -0.4 is 0 Å². The zero-order chi connectivity index (χ0) is 14.1. The van der Waals surface area contributed by atoms with Gasteiger partial charge in [-0.05, 0) is 34.6 Å². The van der Waals surface area contributed by atoms with E-state index in [4.69, 9.17) is 4.74 Å². The Kier molecular flexibility index (Phi) is 8.37. The van der Waals surface area contributed by atoms with Crippen molar-refractivity contribution in [2.75, 3.05) is 19.8 Å². The van der Waals surface area contributed by atoms with E-state index in [1.807, 2.05) is 0 Å². The highest BCUT2D eigenvalue weighted by atomic mass is 16.6. The second-order valence-electron chi connectivity index (χ2n) is 4.63. The lowest BCUT2D eigenvalue weighted by atomic mass is 10.2. The smallest absolute Gasteiger partial charge is 0.317 e. The zero-order valence-electron chi connectivity index (χ0n) is 12.1. The fraction of sp³-hybridized carbons (Fsp3) is 0.846. The lowest BCUT2D eigenvalue weighted by molar-refractivity contribution is -0.154. The molecule has 0 saturated carbocycles. The quantitative estimate of drug-likeness (QED) is 0.489. The molecule has 0 bridgehead atoms. The van der Waals surface area contributed by atoms with Gasteiger partial charge in [-0.3, -0.25) is 14.5 Å². The van der Waals surface area contributed by atoms with Crippen LogP contribution in [0.5, 0.6) is 0 Å². The van der Waals surface area contributed by atoms with Gasteiger partial charge in [-0.1, -0.05) is 0 Å². The SMILES string of the molecule is CCOC(=O)CC(=O)OCCN(C(C)C)C(C)C. The third-order valence-electron chi connectivity index (χ3n) is 2.53. The maximum absolute atomic E-state index is 11.3. The minimum Gasteiger partial charge on any atom is -0.466 e. The van der Waals surface area contributed by atoms with E-state index in [9.17, 15) is 9.59 Å². The van der Waals surface area contributed by atoms with Gasteiger partial charge in [0.05, 0.1) is 6.61 Å². The third-order valence-corrected chi connectivity index (χ3v) is 2.53. The summed E-state index contributed by atoms with van der Waals surface area (Å²) in [5.74, 6) is -1.06. The number of esters is 2. The monoisotopic (exact) mass is 259 g/mol. The van der Waals surface area contributed by atoms with E-state index in [-0.39, 0.29) is 13.0 Å². The molecule has 0 atom stereocenters. The predicted molar refractivity (Wildman–Crippen MR) is 69.2 cm³/mol. The van der Waals surface area contributed by atoms with Gasteiger partial charge in [0.25, 0.3) is 0 Å². The summed E-state index contributed by atoms with van der Waals surface area (Å²) in [7, 11) is 0. The van der Waals surface area contributed by atoms with Crippen molar-refractivity contribution >= 4 is 11.9 Å². The van der Waals surface area contributed by atoms with Crippen molar-refractivity contribution in [1.82, 2.24) is 4.90 Å². The summed E-state index contributed by atoms with van der Waals surface area (Å²) in [5, 5.41) is 0. The molecule has 0 amide bonds. The van der Waals surface area contributed by atoms with Gasteiger partial charge in [-0.15, -0.1) is 0 Å². The molecule has 5 nitrogen and oxygen atoms in total. The summed E-state index contributed by atoms with van der Waals surface area (Å²) in [5.41, 5.74) is 0. The van der Waals surface area contributed by atoms with Gasteiger partial charge in [0.2, 0.25) is 0 Å². The van der Waals surface area contributed by atoms with E-state index < -0.39 is 11.9 Å². The van der Waals surface area contributed by atoms with E-state index >= 15 is 0 Å². The van der Waals surface area contributed by atoms with Crippen LogP contribution in [0, 0.1) is 0 Å². The van der Waals surface area contributed by atoms with Crippen LogP contribution in [0.25, 0.3) is 0 Å². The summed E-state index contributed by atoms with van der Waals surface area (Å²) in [6, 6.07) is 0.794. The Morgan fingerprint density at radius 1 is 1.00 bits per heavy atom. The van der Waals surface area contributed by atoms with Crippen molar-refractivity contribution < 1.29 is 19.1 Å². The molecule has 0 aliphatic carbocycles. The average Bonchev–Trinajstić information content (AvgIpc) is 2.23. The van der Waals surface area contributed by atoms with Crippen molar-refractivity contribution in [2.24, 2.45) is 0 Å². The molecule has 0 saturated heterocycles. The molecule has 0 aromatic heterocycles. The van der Waals surface area contributed by atoms with Crippen molar-refractivity contribution in [3.05, 3.63) is 0 Å². The lowest BCUT2D eigenvalue weighted by Gasteiger charge is -2.30. The Balaban J connectivity index is 3.89. The Labute approximate surface area is 109 Å². The number of rotatable bonds is 8. The van der Waals surface area contributed by atoms with Crippen molar-refractivity contribution in [3.63, 3.8) is 0 Å². The summed E-state index contributed by atoms with van der Waals surface area (Å²) in [6.07, 6.45) is -0.308. The number of carbonyl (C=O) groups excluding carboxylic acids is 2. The van der Waals surface area contributed by atoms with Crippen LogP contribution in [-0.4, -0.2) is 48.7 Å². The van der Waals surface area contributed by atoms with Crippen LogP contribution >= 0.6 is 0 Å². The molecule has 0 aromatic rings. The molecule has 0 aliphatic rings. The normalized spacial score (nSPS) is 11.1. The number of hydrogen-bond acceptors (Lipinski definition) is 5. The van der Waals surface area contributed by atoms with Crippen LogP contribution in [0.2, 0.25) is 0 Å². The maximum Gasteiger partial charge on any atom is 0.317 e. The van der Waals surface area contributed by atoms with Gasteiger partial charge >= 0.3 is 11.9 Å². The van der Waals surface area contributed by atoms with Crippen molar-refractivity contribution in [1.29, 1.82) is 0 Å². The Morgan fingerprint density at radius 3 is 1.94 bits per heavy atom. The van der Waals surface area contributed by atoms with Crippen molar-refractivity contribution in [2.45, 2.75) is 53.1 Å². The summed E-state index contributed by atoms with van der Waals surface area (Å²) >= 11 is 0. The molecule has 106 valence electrons. The molecular weight excluding hydrogens is 234 g/mol. The van der Waals surface area contributed by atoms with Crippen LogP contribution in [0.1, 0.15) is 41.0 Å². The number of nitrogens with zero attached hydrogens (tertiary/aromatic N) is 1. The first-order valence-electron chi connectivity index (χ1n) is 6.45. The third kappa shape index (κ3) is 7.27. The van der Waals surface area contributed by atoms with E-state index in [1.165, 1.54) is 0 Å². The lowest BCUT2D eigenvalue weighted by Crippen LogP contribution is -2.39. The summed E-state index contributed by atoms with van der Waals surface area (Å²) < 4.78 is 9.67. The first-order chi connectivity index (χ1) is 8.38. The summed E-state index contributed by atoms with van der Waals surface area (Å²) in [6.45, 7) is 11.3. The second kappa shape index (κ2) is 8.91. The van der Waals surface area contributed by atoms with Gasteiger partial charge in [0.15, 0.2) is 0 Å². The zero-order valence-corrected chi connectivity index (χ0v) is 12.1. The molecule has 0 unspecified atom stereocenters. The average molecular weight is 259 g/mol. The van der Waals surface area contributed by atoms with Gasteiger partial charge in [0.1, 0.15) is 13.0 Å². The Bertz CT molecular complexity index is 256. The second-order valence-corrected chi connectivity index (χ2v) is 4.63. The van der Waals surface area contributed by atoms with E-state index in [0.717, 1.165) is 0 Å². The molecule has 18 heavy (non-hydrogen) atoms.